The molecule has 36 heavy (non-hydrogen) atoms. The van der Waals surface area contributed by atoms with Crippen molar-refractivity contribution in [1.29, 1.82) is 0 Å². The van der Waals surface area contributed by atoms with Gasteiger partial charge >= 0.3 is 6.18 Å². The molecule has 2 aliphatic rings. The average Bonchev–Trinajstić information content (AvgIpc) is 2.81. The average molecular weight is 507 g/mol. The van der Waals surface area contributed by atoms with Crippen molar-refractivity contribution in [2.45, 2.75) is 39.5 Å². The summed E-state index contributed by atoms with van der Waals surface area (Å²) < 4.78 is 47.4. The highest BCUT2D eigenvalue weighted by atomic mass is 19.4. The summed E-state index contributed by atoms with van der Waals surface area (Å²) in [5, 5.41) is 5.26. The Balaban J connectivity index is 1.80. The number of piperazine rings is 1. The van der Waals surface area contributed by atoms with Crippen LogP contribution in [-0.4, -0.2) is 67.1 Å². The molecule has 0 spiro atoms. The van der Waals surface area contributed by atoms with E-state index in [0.717, 1.165) is 19.2 Å². The number of hydrogen-bond donors (Lipinski definition) is 2. The Hall–Kier alpha value is -3.27. The number of halogens is 3. The van der Waals surface area contributed by atoms with E-state index in [4.69, 9.17) is 4.74 Å². The van der Waals surface area contributed by atoms with Crippen LogP contribution in [0.15, 0.2) is 53.9 Å². The van der Waals surface area contributed by atoms with Crippen molar-refractivity contribution in [2.75, 3.05) is 38.5 Å². The summed E-state index contributed by atoms with van der Waals surface area (Å²) in [6.45, 7) is 8.22. The quantitative estimate of drug-likeness (QED) is 0.577. The van der Waals surface area contributed by atoms with E-state index in [-0.39, 0.29) is 35.3 Å². The van der Waals surface area contributed by atoms with Gasteiger partial charge in [0.2, 0.25) is 5.91 Å². The summed E-state index contributed by atoms with van der Waals surface area (Å²) in [5.41, 5.74) is 0.681. The number of carbonyl (C=O) groups excluding carboxylic acids is 2. The summed E-state index contributed by atoms with van der Waals surface area (Å²) in [6, 6.07) is 4.51. The molecule has 0 aromatic heterocycles. The Morgan fingerprint density at radius 3 is 2.44 bits per heavy atom. The van der Waals surface area contributed by atoms with Crippen LogP contribution in [0.25, 0.3) is 0 Å². The maximum Gasteiger partial charge on any atom is 0.399 e. The Morgan fingerprint density at radius 1 is 1.14 bits per heavy atom. The van der Waals surface area contributed by atoms with Crippen molar-refractivity contribution in [3.8, 4) is 5.75 Å². The molecule has 0 bridgehead atoms. The second-order valence-electron chi connectivity index (χ2n) is 9.18. The zero-order chi connectivity index (χ0) is 26.5. The molecule has 2 amide bonds. The van der Waals surface area contributed by atoms with Gasteiger partial charge in [0.05, 0.1) is 11.8 Å². The molecule has 1 unspecified atom stereocenters. The minimum absolute atomic E-state index is 0.0551. The Kier molecular flexibility index (Phi) is 8.84. The van der Waals surface area contributed by atoms with E-state index in [1.54, 1.807) is 19.2 Å². The topological polar surface area (TPSA) is 73.9 Å². The predicted molar refractivity (Wildman–Crippen MR) is 133 cm³/mol. The second kappa shape index (κ2) is 11.6. The number of ether oxygens (including phenoxy) is 1. The van der Waals surface area contributed by atoms with Crippen LogP contribution in [0.4, 0.5) is 18.9 Å². The number of amides is 2. The van der Waals surface area contributed by atoms with Crippen LogP contribution in [0, 0.1) is 5.92 Å². The van der Waals surface area contributed by atoms with Crippen molar-refractivity contribution in [1.82, 2.24) is 15.1 Å². The number of alkyl halides is 3. The number of anilines is 1. The lowest BCUT2D eigenvalue weighted by atomic mass is 9.92. The SMILES string of the molecule is CCC(=O)Nc1cc(C(=O)NC2=CC(C(F)(F)F)C(=CN3CCN(C)CC3)C=C2)ccc1OC(C)C. The lowest BCUT2D eigenvalue weighted by molar-refractivity contribution is -0.151. The van der Waals surface area contributed by atoms with Gasteiger partial charge in [0.15, 0.2) is 0 Å². The molecule has 7 nitrogen and oxygen atoms in total. The minimum atomic E-state index is -4.51. The second-order valence-corrected chi connectivity index (χ2v) is 9.18. The van der Waals surface area contributed by atoms with Crippen molar-refractivity contribution >= 4 is 17.5 Å². The van der Waals surface area contributed by atoms with E-state index < -0.39 is 18.0 Å². The highest BCUT2D eigenvalue weighted by Crippen LogP contribution is 2.37. The molecule has 2 N–H and O–H groups in total. The predicted octanol–water partition coefficient (Wildman–Crippen LogP) is 4.32. The fourth-order valence-electron chi connectivity index (χ4n) is 3.84. The molecule has 0 radical (unpaired) electrons. The minimum Gasteiger partial charge on any atom is -0.489 e. The number of carbonyl (C=O) groups is 2. The van der Waals surface area contributed by atoms with Gasteiger partial charge in [-0.05, 0) is 56.8 Å². The van der Waals surface area contributed by atoms with Gasteiger partial charge < -0.3 is 25.2 Å². The highest BCUT2D eigenvalue weighted by molar-refractivity contribution is 5.99. The van der Waals surface area contributed by atoms with Crippen LogP contribution >= 0.6 is 0 Å². The first-order valence-corrected chi connectivity index (χ1v) is 12.0. The fraction of sp³-hybridized carbons (Fsp3) is 0.462. The molecule has 3 rings (SSSR count). The molecule has 196 valence electrons. The maximum absolute atomic E-state index is 13.9. The highest BCUT2D eigenvalue weighted by Gasteiger charge is 2.41. The molecule has 1 atom stereocenters. The third-order valence-corrected chi connectivity index (χ3v) is 5.84. The number of allylic oxidation sites excluding steroid dienone is 4. The summed E-state index contributed by atoms with van der Waals surface area (Å²) in [4.78, 5) is 28.8. The molecule has 1 heterocycles. The van der Waals surface area contributed by atoms with Gasteiger partial charge in [0.1, 0.15) is 11.7 Å². The van der Waals surface area contributed by atoms with E-state index in [1.165, 1.54) is 24.3 Å². The normalized spacial score (nSPS) is 19.9. The van der Waals surface area contributed by atoms with E-state index in [9.17, 15) is 22.8 Å². The van der Waals surface area contributed by atoms with Crippen molar-refractivity contribution in [3.05, 3.63) is 59.5 Å². The third-order valence-electron chi connectivity index (χ3n) is 5.84. The number of nitrogens with one attached hydrogen (secondary N) is 2. The monoisotopic (exact) mass is 506 g/mol. The number of likely N-dealkylation sites (N-methyl/N-ethyl adjacent to an activating group) is 1. The van der Waals surface area contributed by atoms with E-state index in [0.29, 0.717) is 24.5 Å². The van der Waals surface area contributed by atoms with Crippen LogP contribution in [0.5, 0.6) is 5.75 Å². The number of nitrogens with zero attached hydrogens (tertiary/aromatic N) is 2. The van der Waals surface area contributed by atoms with E-state index in [2.05, 4.69) is 15.5 Å². The van der Waals surface area contributed by atoms with Gasteiger partial charge in [-0.3, -0.25) is 9.59 Å². The van der Waals surface area contributed by atoms with Crippen LogP contribution in [0.3, 0.4) is 0 Å². The molecule has 1 saturated heterocycles. The van der Waals surface area contributed by atoms with E-state index >= 15 is 0 Å². The number of hydrogen-bond acceptors (Lipinski definition) is 5. The number of benzene rings is 1. The largest absolute Gasteiger partial charge is 0.489 e. The van der Waals surface area contributed by atoms with Gasteiger partial charge in [-0.25, -0.2) is 0 Å². The zero-order valence-corrected chi connectivity index (χ0v) is 21.0. The third kappa shape index (κ3) is 7.36. The van der Waals surface area contributed by atoms with Crippen molar-refractivity contribution in [3.63, 3.8) is 0 Å². The molecular weight excluding hydrogens is 473 g/mol. The lowest BCUT2D eigenvalue weighted by Gasteiger charge is -2.33. The summed E-state index contributed by atoms with van der Waals surface area (Å²) in [5.74, 6) is -2.29. The van der Waals surface area contributed by atoms with Crippen LogP contribution in [0.1, 0.15) is 37.6 Å². The molecule has 0 saturated carbocycles. The van der Waals surface area contributed by atoms with Crippen LogP contribution < -0.4 is 15.4 Å². The van der Waals surface area contributed by atoms with Gasteiger partial charge in [-0.1, -0.05) is 13.0 Å². The first-order chi connectivity index (χ1) is 17.0. The Labute approximate surface area is 209 Å². The van der Waals surface area contributed by atoms with Gasteiger partial charge in [-0.15, -0.1) is 0 Å². The van der Waals surface area contributed by atoms with Gasteiger partial charge in [-0.2, -0.15) is 13.2 Å². The molecule has 1 fully saturated rings. The molecule has 1 aromatic carbocycles. The maximum atomic E-state index is 13.9. The smallest absolute Gasteiger partial charge is 0.399 e. The Bertz CT molecular complexity index is 1060. The lowest BCUT2D eigenvalue weighted by Crippen LogP contribution is -2.42. The van der Waals surface area contributed by atoms with Gasteiger partial charge in [0.25, 0.3) is 5.91 Å². The zero-order valence-electron chi connectivity index (χ0n) is 21.0. The van der Waals surface area contributed by atoms with Crippen molar-refractivity contribution in [2.24, 2.45) is 5.92 Å². The molecule has 1 aliphatic carbocycles. The standard InChI is InChI=1S/C26H33F3N4O3/c1-5-24(34)31-22-14-18(7-9-23(22)36-17(2)3)25(35)30-20-8-6-19(21(15-20)26(27,28)29)16-33-12-10-32(4)11-13-33/h6-9,14-17,21H,5,10-13H2,1-4H3,(H,30,35)(H,31,34). The summed E-state index contributed by atoms with van der Waals surface area (Å²) >= 11 is 0. The first kappa shape index (κ1) is 27.3. The summed E-state index contributed by atoms with van der Waals surface area (Å²) in [6.07, 6.45) is 1.02. The van der Waals surface area contributed by atoms with Crippen LogP contribution in [-0.2, 0) is 4.79 Å². The van der Waals surface area contributed by atoms with Crippen LogP contribution in [0.2, 0.25) is 0 Å². The Morgan fingerprint density at radius 2 is 1.83 bits per heavy atom. The molecule has 10 heteroatoms. The number of rotatable bonds is 7. The van der Waals surface area contributed by atoms with E-state index in [1.807, 2.05) is 25.8 Å². The van der Waals surface area contributed by atoms with Gasteiger partial charge in [0, 0.05) is 50.1 Å². The molecular formula is C26H33F3N4O3. The first-order valence-electron chi connectivity index (χ1n) is 12.0. The molecule has 1 aromatic rings. The van der Waals surface area contributed by atoms with Crippen molar-refractivity contribution < 1.29 is 27.5 Å². The summed E-state index contributed by atoms with van der Waals surface area (Å²) in [7, 11) is 1.98. The fourth-order valence-corrected chi connectivity index (χ4v) is 3.84. The molecule has 1 aliphatic heterocycles.